The highest BCUT2D eigenvalue weighted by atomic mass is 16.6. The van der Waals surface area contributed by atoms with Gasteiger partial charge in [-0.05, 0) is 38.1 Å². The number of hydrogen-bond acceptors (Lipinski definition) is 5. The molecule has 0 aliphatic carbocycles. The molecule has 0 bridgehead atoms. The van der Waals surface area contributed by atoms with Gasteiger partial charge in [0.15, 0.2) is 0 Å². The van der Waals surface area contributed by atoms with Crippen molar-refractivity contribution in [3.8, 4) is 5.75 Å². The molecule has 0 radical (unpaired) electrons. The van der Waals surface area contributed by atoms with Crippen molar-refractivity contribution >= 4 is 5.69 Å². The molecule has 1 fully saturated rings. The molecule has 1 heterocycles. The Labute approximate surface area is 118 Å². The van der Waals surface area contributed by atoms with Gasteiger partial charge in [0.2, 0.25) is 0 Å². The number of nitrogens with zero attached hydrogens (tertiary/aromatic N) is 2. The Kier molecular flexibility index (Phi) is 4.92. The number of methoxy groups -OCH3 is 1. The van der Waals surface area contributed by atoms with Crippen LogP contribution in [-0.2, 0) is 6.54 Å². The minimum Gasteiger partial charge on any atom is -0.496 e. The van der Waals surface area contributed by atoms with Crippen LogP contribution in [0.1, 0.15) is 18.4 Å². The van der Waals surface area contributed by atoms with Crippen molar-refractivity contribution < 1.29 is 9.66 Å². The number of nitro benzene ring substituents is 1. The van der Waals surface area contributed by atoms with E-state index >= 15 is 0 Å². The van der Waals surface area contributed by atoms with Crippen molar-refractivity contribution in [3.05, 3.63) is 33.9 Å². The zero-order valence-corrected chi connectivity index (χ0v) is 12.0. The van der Waals surface area contributed by atoms with Crippen molar-refractivity contribution in [1.29, 1.82) is 0 Å². The van der Waals surface area contributed by atoms with Gasteiger partial charge >= 0.3 is 0 Å². The van der Waals surface area contributed by atoms with E-state index in [4.69, 9.17) is 4.74 Å². The second-order valence-corrected chi connectivity index (χ2v) is 5.29. The summed E-state index contributed by atoms with van der Waals surface area (Å²) < 4.78 is 5.13. The fourth-order valence-electron chi connectivity index (χ4n) is 2.62. The maximum Gasteiger partial charge on any atom is 0.273 e. The summed E-state index contributed by atoms with van der Waals surface area (Å²) in [4.78, 5) is 12.7. The van der Waals surface area contributed by atoms with Crippen LogP contribution in [0.3, 0.4) is 0 Å². The monoisotopic (exact) mass is 279 g/mol. The Morgan fingerprint density at radius 3 is 2.90 bits per heavy atom. The summed E-state index contributed by atoms with van der Waals surface area (Å²) in [6.07, 6.45) is 2.42. The summed E-state index contributed by atoms with van der Waals surface area (Å²) in [7, 11) is 3.56. The van der Waals surface area contributed by atoms with E-state index in [9.17, 15) is 10.1 Å². The van der Waals surface area contributed by atoms with Crippen LogP contribution in [-0.4, -0.2) is 43.1 Å². The second-order valence-electron chi connectivity index (χ2n) is 5.29. The van der Waals surface area contributed by atoms with Crippen molar-refractivity contribution in [3.63, 3.8) is 0 Å². The van der Waals surface area contributed by atoms with Gasteiger partial charge in [-0.25, -0.2) is 0 Å². The van der Waals surface area contributed by atoms with Crippen molar-refractivity contribution in [2.24, 2.45) is 0 Å². The first-order valence-electron chi connectivity index (χ1n) is 6.83. The third-order valence-corrected chi connectivity index (χ3v) is 3.54. The molecule has 1 atom stereocenters. The number of likely N-dealkylation sites (N-methyl/N-ethyl adjacent to an activating group) is 1. The SMILES string of the molecule is COc1cc(CN(C)CC2CCCN2)cc([N+](=O)[O-])c1. The van der Waals surface area contributed by atoms with Crippen molar-refractivity contribution in [1.82, 2.24) is 10.2 Å². The van der Waals surface area contributed by atoms with Crippen LogP contribution in [0.5, 0.6) is 5.75 Å². The first-order chi connectivity index (χ1) is 9.58. The summed E-state index contributed by atoms with van der Waals surface area (Å²) >= 11 is 0. The molecular formula is C14H21N3O3. The zero-order chi connectivity index (χ0) is 14.5. The van der Waals surface area contributed by atoms with Gasteiger partial charge in [0.25, 0.3) is 5.69 Å². The summed E-state index contributed by atoms with van der Waals surface area (Å²) in [5.41, 5.74) is 0.975. The van der Waals surface area contributed by atoms with Gasteiger partial charge in [-0.2, -0.15) is 0 Å². The molecule has 1 aromatic carbocycles. The maximum absolute atomic E-state index is 10.9. The molecule has 1 aromatic rings. The largest absolute Gasteiger partial charge is 0.496 e. The zero-order valence-electron chi connectivity index (χ0n) is 12.0. The fraction of sp³-hybridized carbons (Fsp3) is 0.571. The molecule has 110 valence electrons. The van der Waals surface area contributed by atoms with Crippen LogP contribution in [0.4, 0.5) is 5.69 Å². The number of non-ortho nitro benzene ring substituents is 1. The van der Waals surface area contributed by atoms with E-state index in [1.165, 1.54) is 26.0 Å². The fourth-order valence-corrected chi connectivity index (χ4v) is 2.62. The molecule has 6 nitrogen and oxygen atoms in total. The van der Waals surface area contributed by atoms with Gasteiger partial charge in [0.05, 0.1) is 18.1 Å². The highest BCUT2D eigenvalue weighted by molar-refractivity contribution is 5.42. The Hall–Kier alpha value is -1.66. The van der Waals surface area contributed by atoms with E-state index in [1.54, 1.807) is 6.07 Å². The van der Waals surface area contributed by atoms with Crippen molar-refractivity contribution in [2.75, 3.05) is 27.2 Å². The van der Waals surface area contributed by atoms with Crippen LogP contribution < -0.4 is 10.1 Å². The predicted molar refractivity (Wildman–Crippen MR) is 77.0 cm³/mol. The van der Waals surface area contributed by atoms with Crippen LogP contribution in [0, 0.1) is 10.1 Å². The van der Waals surface area contributed by atoms with Gasteiger partial charge < -0.3 is 15.0 Å². The molecule has 0 aromatic heterocycles. The van der Waals surface area contributed by atoms with E-state index in [0.717, 1.165) is 18.7 Å². The van der Waals surface area contributed by atoms with E-state index in [0.29, 0.717) is 18.3 Å². The lowest BCUT2D eigenvalue weighted by molar-refractivity contribution is -0.385. The smallest absolute Gasteiger partial charge is 0.273 e. The molecule has 0 spiro atoms. The first kappa shape index (κ1) is 14.7. The van der Waals surface area contributed by atoms with Crippen LogP contribution >= 0.6 is 0 Å². The minimum atomic E-state index is -0.384. The van der Waals surface area contributed by atoms with E-state index in [2.05, 4.69) is 10.2 Å². The number of hydrogen-bond donors (Lipinski definition) is 1. The topological polar surface area (TPSA) is 67.6 Å². The van der Waals surface area contributed by atoms with Gasteiger partial charge in [0.1, 0.15) is 5.75 Å². The first-order valence-corrected chi connectivity index (χ1v) is 6.83. The van der Waals surface area contributed by atoms with E-state index < -0.39 is 0 Å². The summed E-state index contributed by atoms with van der Waals surface area (Å²) in [5.74, 6) is 0.529. The average Bonchev–Trinajstić information content (AvgIpc) is 2.90. The standard InChI is InChI=1S/C14H21N3O3/c1-16(10-12-4-3-5-15-12)9-11-6-13(17(18)19)8-14(7-11)20-2/h6-8,12,15H,3-5,9-10H2,1-2H3. The molecule has 1 aliphatic heterocycles. The lowest BCUT2D eigenvalue weighted by Gasteiger charge is -2.21. The Bertz CT molecular complexity index is 473. The molecule has 6 heteroatoms. The number of ether oxygens (including phenoxy) is 1. The predicted octanol–water partition coefficient (Wildman–Crippen LogP) is 1.79. The Morgan fingerprint density at radius 2 is 2.30 bits per heavy atom. The third-order valence-electron chi connectivity index (χ3n) is 3.54. The summed E-state index contributed by atoms with van der Waals surface area (Å²) in [6, 6.07) is 5.44. The third kappa shape index (κ3) is 3.91. The lowest BCUT2D eigenvalue weighted by Crippen LogP contribution is -2.34. The molecular weight excluding hydrogens is 258 g/mol. The van der Waals surface area contributed by atoms with Crippen molar-refractivity contribution in [2.45, 2.75) is 25.4 Å². The van der Waals surface area contributed by atoms with Gasteiger partial charge in [-0.3, -0.25) is 10.1 Å². The van der Waals surface area contributed by atoms with E-state index in [-0.39, 0.29) is 10.6 Å². The Morgan fingerprint density at radius 1 is 1.50 bits per heavy atom. The highest BCUT2D eigenvalue weighted by Crippen LogP contribution is 2.23. The van der Waals surface area contributed by atoms with Crippen LogP contribution in [0.2, 0.25) is 0 Å². The quantitative estimate of drug-likeness (QED) is 0.635. The molecule has 1 aliphatic rings. The number of nitrogens with one attached hydrogen (secondary N) is 1. The summed E-state index contributed by atoms with van der Waals surface area (Å²) in [6.45, 7) is 2.71. The average molecular weight is 279 g/mol. The van der Waals surface area contributed by atoms with Gasteiger partial charge in [-0.15, -0.1) is 0 Å². The molecule has 20 heavy (non-hydrogen) atoms. The number of rotatable bonds is 6. The van der Waals surface area contributed by atoms with Gasteiger partial charge in [-0.1, -0.05) is 0 Å². The second kappa shape index (κ2) is 6.67. The van der Waals surface area contributed by atoms with Crippen LogP contribution in [0.25, 0.3) is 0 Å². The molecule has 2 rings (SSSR count). The summed E-state index contributed by atoms with van der Waals surface area (Å²) in [5, 5.41) is 14.4. The molecule has 1 saturated heterocycles. The molecule has 0 amide bonds. The maximum atomic E-state index is 10.9. The van der Waals surface area contributed by atoms with E-state index in [1.807, 2.05) is 13.1 Å². The number of nitro groups is 1. The molecule has 1 unspecified atom stereocenters. The Balaban J connectivity index is 2.03. The van der Waals surface area contributed by atoms with Gasteiger partial charge in [0, 0.05) is 25.2 Å². The highest BCUT2D eigenvalue weighted by Gasteiger charge is 2.17. The molecule has 1 N–H and O–H groups in total. The lowest BCUT2D eigenvalue weighted by atomic mass is 10.1. The molecule has 0 saturated carbocycles. The minimum absolute atomic E-state index is 0.0757. The number of benzene rings is 1. The van der Waals surface area contributed by atoms with Crippen LogP contribution in [0.15, 0.2) is 18.2 Å². The normalized spacial score (nSPS) is 18.4.